The third-order valence-corrected chi connectivity index (χ3v) is 7.31. The molecule has 1 aliphatic heterocycles. The minimum absolute atomic E-state index is 0.0283. The fourth-order valence-corrected chi connectivity index (χ4v) is 5.62. The van der Waals surface area contributed by atoms with Gasteiger partial charge < -0.3 is 19.9 Å². The first-order valence-corrected chi connectivity index (χ1v) is 12.3. The van der Waals surface area contributed by atoms with E-state index in [2.05, 4.69) is 22.8 Å². The highest BCUT2D eigenvalue weighted by Crippen LogP contribution is 2.44. The molecule has 0 saturated carbocycles. The van der Waals surface area contributed by atoms with Crippen LogP contribution >= 0.6 is 12.2 Å². The Morgan fingerprint density at radius 3 is 2.36 bits per heavy atom. The van der Waals surface area contributed by atoms with E-state index >= 15 is 0 Å². The fraction of sp³-hybridized carbons (Fsp3) is 0.286. The van der Waals surface area contributed by atoms with E-state index in [0.29, 0.717) is 18.6 Å². The molecule has 3 aromatic rings. The summed E-state index contributed by atoms with van der Waals surface area (Å²) in [6, 6.07) is 22.5. The number of thiocarbonyl (C=S) groups is 1. The van der Waals surface area contributed by atoms with E-state index in [1.165, 1.54) is 6.07 Å². The van der Waals surface area contributed by atoms with Crippen LogP contribution in [0.15, 0.2) is 72.8 Å². The van der Waals surface area contributed by atoms with E-state index in [1.807, 2.05) is 36.4 Å². The molecular formula is C28H27FN2O4S. The van der Waals surface area contributed by atoms with Crippen LogP contribution in [0.2, 0.25) is 0 Å². The summed E-state index contributed by atoms with van der Waals surface area (Å²) in [5.74, 6) is -0.900. The van der Waals surface area contributed by atoms with Crippen molar-refractivity contribution in [3.8, 4) is 11.1 Å². The highest BCUT2D eigenvalue weighted by atomic mass is 32.1. The number of amides is 1. The lowest BCUT2D eigenvalue weighted by Gasteiger charge is -2.44. The summed E-state index contributed by atoms with van der Waals surface area (Å²) in [6.45, 7) is 0.475. The number of carbonyl (C=O) groups excluding carboxylic acids is 1. The van der Waals surface area contributed by atoms with Gasteiger partial charge in [0.15, 0.2) is 5.11 Å². The molecule has 0 bridgehead atoms. The standard InChI is InChI=1S/C28H27FN2O4S/c29-25-12-6-5-11-24(25)28(17-34-14-13-18(28)15-32)31-26(36)30-27(33)35-16-23-21-9-3-1-7-19(21)20-8-2-4-10-22(20)23/h1-12,18,23,32H,13-17H2,(H2,30,31,33,36)/t18-,28-/m0/s1. The summed E-state index contributed by atoms with van der Waals surface area (Å²) < 4.78 is 26.1. The van der Waals surface area contributed by atoms with Gasteiger partial charge in [-0.15, -0.1) is 0 Å². The predicted octanol–water partition coefficient (Wildman–Crippen LogP) is 4.46. The number of hydrogen-bond donors (Lipinski definition) is 3. The molecule has 1 fully saturated rings. The Morgan fingerprint density at radius 1 is 1.06 bits per heavy atom. The minimum Gasteiger partial charge on any atom is -0.448 e. The number of carbonyl (C=O) groups is 1. The van der Waals surface area contributed by atoms with Crippen molar-refractivity contribution in [1.82, 2.24) is 10.6 Å². The quantitative estimate of drug-likeness (QED) is 0.444. The van der Waals surface area contributed by atoms with E-state index in [9.17, 15) is 14.3 Å². The number of hydrogen-bond acceptors (Lipinski definition) is 5. The molecule has 0 aromatic heterocycles. The van der Waals surface area contributed by atoms with Gasteiger partial charge in [0.25, 0.3) is 0 Å². The lowest BCUT2D eigenvalue weighted by atomic mass is 9.75. The first-order chi connectivity index (χ1) is 17.5. The Morgan fingerprint density at radius 2 is 1.69 bits per heavy atom. The van der Waals surface area contributed by atoms with Gasteiger partial charge in [-0.1, -0.05) is 66.7 Å². The molecule has 3 aromatic carbocycles. The third-order valence-electron chi connectivity index (χ3n) is 7.11. The number of benzene rings is 3. The molecule has 3 N–H and O–H groups in total. The van der Waals surface area contributed by atoms with Crippen LogP contribution in [0.4, 0.5) is 9.18 Å². The lowest BCUT2D eigenvalue weighted by Crippen LogP contribution is -2.60. The van der Waals surface area contributed by atoms with Crippen molar-refractivity contribution in [3.05, 3.63) is 95.3 Å². The van der Waals surface area contributed by atoms with E-state index in [-0.39, 0.29) is 36.8 Å². The molecule has 1 aliphatic carbocycles. The second-order valence-corrected chi connectivity index (χ2v) is 9.48. The molecule has 0 spiro atoms. The van der Waals surface area contributed by atoms with Gasteiger partial charge in [0.05, 0.1) is 12.1 Å². The number of alkyl carbamates (subject to hydrolysis) is 1. The number of ether oxygens (including phenoxy) is 2. The molecule has 6 nitrogen and oxygen atoms in total. The zero-order valence-electron chi connectivity index (χ0n) is 19.6. The van der Waals surface area contributed by atoms with Crippen molar-refractivity contribution in [2.24, 2.45) is 5.92 Å². The molecule has 8 heteroatoms. The molecule has 1 saturated heterocycles. The van der Waals surface area contributed by atoms with Crippen LogP contribution in [0.5, 0.6) is 0 Å². The van der Waals surface area contributed by atoms with Crippen molar-refractivity contribution in [1.29, 1.82) is 0 Å². The van der Waals surface area contributed by atoms with Crippen LogP contribution < -0.4 is 10.6 Å². The van der Waals surface area contributed by atoms with Crippen LogP contribution in [0.3, 0.4) is 0 Å². The van der Waals surface area contributed by atoms with Crippen LogP contribution in [-0.4, -0.2) is 42.7 Å². The SMILES string of the molecule is O=C(NC(=S)N[C@@]1(c2ccccc2F)COCC[C@H]1CO)OCC1c2ccccc2-c2ccccc21. The Balaban J connectivity index is 1.29. The smallest absolute Gasteiger partial charge is 0.413 e. The summed E-state index contributed by atoms with van der Waals surface area (Å²) >= 11 is 5.42. The number of fused-ring (bicyclic) bond motifs is 3. The van der Waals surface area contributed by atoms with E-state index < -0.39 is 17.4 Å². The molecule has 1 heterocycles. The van der Waals surface area contributed by atoms with Gasteiger partial charge in [-0.25, -0.2) is 9.18 Å². The highest BCUT2D eigenvalue weighted by Gasteiger charge is 2.45. The normalized spacial score (nSPS) is 20.8. The Hall–Kier alpha value is -3.33. The topological polar surface area (TPSA) is 79.8 Å². The molecule has 5 rings (SSSR count). The first-order valence-electron chi connectivity index (χ1n) is 11.9. The van der Waals surface area contributed by atoms with Crippen molar-refractivity contribution < 1.29 is 23.8 Å². The Kier molecular flexibility index (Phi) is 7.00. The highest BCUT2D eigenvalue weighted by molar-refractivity contribution is 7.80. The number of halogens is 1. The maximum Gasteiger partial charge on any atom is 0.413 e. The van der Waals surface area contributed by atoms with Crippen LogP contribution in [0.25, 0.3) is 11.1 Å². The minimum atomic E-state index is -1.13. The van der Waals surface area contributed by atoms with Gasteiger partial charge in [0, 0.05) is 30.6 Å². The summed E-state index contributed by atoms with van der Waals surface area (Å²) in [4.78, 5) is 12.7. The molecule has 186 valence electrons. The van der Waals surface area contributed by atoms with Crippen molar-refractivity contribution >= 4 is 23.4 Å². The number of rotatable bonds is 5. The summed E-state index contributed by atoms with van der Waals surface area (Å²) in [5.41, 5.74) is 3.68. The number of aliphatic hydroxyl groups excluding tert-OH is 1. The molecule has 36 heavy (non-hydrogen) atoms. The summed E-state index contributed by atoms with van der Waals surface area (Å²) in [6.07, 6.45) is -0.207. The predicted molar refractivity (Wildman–Crippen MR) is 138 cm³/mol. The third kappa shape index (κ3) is 4.48. The average molecular weight is 507 g/mol. The van der Waals surface area contributed by atoms with E-state index in [0.717, 1.165) is 22.3 Å². The van der Waals surface area contributed by atoms with Crippen LogP contribution in [-0.2, 0) is 15.0 Å². The first kappa shape index (κ1) is 24.4. The van der Waals surface area contributed by atoms with E-state index in [1.54, 1.807) is 18.2 Å². The van der Waals surface area contributed by atoms with Gasteiger partial charge in [0.2, 0.25) is 0 Å². The van der Waals surface area contributed by atoms with Gasteiger partial charge >= 0.3 is 6.09 Å². The zero-order chi connectivity index (χ0) is 25.1. The second kappa shape index (κ2) is 10.3. The van der Waals surface area contributed by atoms with Gasteiger partial charge in [-0.2, -0.15) is 0 Å². The van der Waals surface area contributed by atoms with Crippen molar-refractivity contribution in [3.63, 3.8) is 0 Å². The largest absolute Gasteiger partial charge is 0.448 e. The molecule has 1 amide bonds. The molecule has 2 aliphatic rings. The summed E-state index contributed by atoms with van der Waals surface area (Å²) in [5, 5.41) is 15.7. The van der Waals surface area contributed by atoms with E-state index in [4.69, 9.17) is 21.7 Å². The number of nitrogens with one attached hydrogen (secondary N) is 2. The lowest BCUT2D eigenvalue weighted by molar-refractivity contribution is -0.0341. The van der Waals surface area contributed by atoms with Crippen LogP contribution in [0.1, 0.15) is 29.0 Å². The maximum atomic E-state index is 14.8. The van der Waals surface area contributed by atoms with Gasteiger partial charge in [-0.05, 0) is 47.0 Å². The van der Waals surface area contributed by atoms with Crippen molar-refractivity contribution in [2.75, 3.05) is 26.4 Å². The number of aliphatic hydroxyl groups is 1. The second-order valence-electron chi connectivity index (χ2n) is 9.08. The zero-order valence-corrected chi connectivity index (χ0v) is 20.4. The molecular weight excluding hydrogens is 479 g/mol. The van der Waals surface area contributed by atoms with Gasteiger partial charge in [-0.3, -0.25) is 5.32 Å². The fourth-order valence-electron chi connectivity index (χ4n) is 5.36. The maximum absolute atomic E-state index is 14.8. The monoisotopic (exact) mass is 506 g/mol. The molecule has 0 unspecified atom stereocenters. The Labute approximate surface area is 214 Å². The van der Waals surface area contributed by atoms with Crippen LogP contribution in [0, 0.1) is 11.7 Å². The summed E-state index contributed by atoms with van der Waals surface area (Å²) in [7, 11) is 0. The Bertz CT molecular complexity index is 1240. The van der Waals surface area contributed by atoms with Crippen molar-refractivity contribution in [2.45, 2.75) is 17.9 Å². The average Bonchev–Trinajstić information content (AvgIpc) is 3.21. The molecule has 2 atom stereocenters. The molecule has 0 radical (unpaired) electrons. The van der Waals surface area contributed by atoms with Gasteiger partial charge in [0.1, 0.15) is 12.4 Å².